The first-order chi connectivity index (χ1) is 20.4. The van der Waals surface area contributed by atoms with Gasteiger partial charge in [-0.3, -0.25) is 19.2 Å². The lowest BCUT2D eigenvalue weighted by atomic mass is 9.71. The summed E-state index contributed by atoms with van der Waals surface area (Å²) in [6.07, 6.45) is 10.0. The number of rotatable bonds is 11. The molecule has 4 aliphatic carbocycles. The van der Waals surface area contributed by atoms with Crippen molar-refractivity contribution < 1.29 is 23.9 Å². The molecule has 230 valence electrons. The molecule has 13 heteroatoms. The van der Waals surface area contributed by atoms with Gasteiger partial charge in [0.05, 0.1) is 12.8 Å². The second-order valence-electron chi connectivity index (χ2n) is 12.8. The lowest BCUT2D eigenvalue weighted by Gasteiger charge is -2.41. The number of aromatic nitrogens is 3. The molecular weight excluding hydrogens is 572 g/mol. The van der Waals surface area contributed by atoms with Crippen LogP contribution in [0.3, 0.4) is 0 Å². The van der Waals surface area contributed by atoms with E-state index in [1.54, 1.807) is 13.0 Å². The van der Waals surface area contributed by atoms with E-state index in [1.165, 1.54) is 48.9 Å². The summed E-state index contributed by atoms with van der Waals surface area (Å²) < 4.78 is 9.62. The number of carbonyl (C=O) groups is 4. The van der Waals surface area contributed by atoms with Crippen LogP contribution in [0, 0.1) is 23.7 Å². The fourth-order valence-corrected chi connectivity index (χ4v) is 8.42. The van der Waals surface area contributed by atoms with Crippen molar-refractivity contribution in [3.63, 3.8) is 0 Å². The maximum atomic E-state index is 13.3. The monoisotopic (exact) mass is 610 g/mol. The smallest absolute Gasteiger partial charge is 0.330 e. The molecule has 4 aliphatic rings. The van der Waals surface area contributed by atoms with Crippen LogP contribution in [0.2, 0.25) is 0 Å². The van der Waals surface area contributed by atoms with Crippen LogP contribution >= 0.6 is 11.5 Å². The van der Waals surface area contributed by atoms with E-state index in [4.69, 9.17) is 0 Å². The molecule has 3 atom stereocenters. The lowest BCUT2D eigenvalue weighted by molar-refractivity contribution is -0.134. The molecule has 3 N–H and O–H groups in total. The van der Waals surface area contributed by atoms with Crippen molar-refractivity contribution in [3.05, 3.63) is 51.4 Å². The maximum absolute atomic E-state index is 13.3. The molecule has 2 heterocycles. The van der Waals surface area contributed by atoms with Gasteiger partial charge >= 0.3 is 5.97 Å². The predicted octanol–water partition coefficient (Wildman–Crippen LogP) is 2.73. The third-order valence-electron chi connectivity index (χ3n) is 9.63. The largest absolute Gasteiger partial charge is 0.466 e. The van der Waals surface area contributed by atoms with E-state index in [0.717, 1.165) is 30.8 Å². The zero-order valence-electron chi connectivity index (χ0n) is 24.9. The Kier molecular flexibility index (Phi) is 8.30. The molecule has 6 rings (SSSR count). The van der Waals surface area contributed by atoms with E-state index in [0.29, 0.717) is 11.6 Å². The second-order valence-corrected chi connectivity index (χ2v) is 13.6. The van der Waals surface area contributed by atoms with Gasteiger partial charge in [0.15, 0.2) is 0 Å². The number of ether oxygens (including phenoxy) is 1. The van der Waals surface area contributed by atoms with Crippen LogP contribution < -0.4 is 21.5 Å². The van der Waals surface area contributed by atoms with Crippen molar-refractivity contribution in [1.29, 1.82) is 0 Å². The Bertz CT molecular complexity index is 1510. The van der Waals surface area contributed by atoms with Crippen LogP contribution in [0.5, 0.6) is 0 Å². The minimum atomic E-state index is -1.04. The van der Waals surface area contributed by atoms with Gasteiger partial charge in [-0.1, -0.05) is 24.4 Å². The molecule has 4 fully saturated rings. The number of amides is 3. The number of hydrogen-bond donors (Lipinski definition) is 3. The van der Waals surface area contributed by atoms with Crippen LogP contribution in [-0.4, -0.2) is 56.5 Å². The first kappa shape index (κ1) is 30.6. The molecule has 2 aromatic rings. The zero-order valence-corrected chi connectivity index (χ0v) is 25.7. The molecule has 0 saturated heterocycles. The Morgan fingerprint density at radius 1 is 1.19 bits per heavy atom. The van der Waals surface area contributed by atoms with Crippen molar-refractivity contribution in [2.75, 3.05) is 12.4 Å². The van der Waals surface area contributed by atoms with Gasteiger partial charge in [0.25, 0.3) is 11.5 Å². The molecule has 2 aromatic heterocycles. The molecule has 3 amide bonds. The SMILES string of the molecule is COC(=O)/C=C/CC[C@H](NC(=O)c1snnc1C)C(=O)Nc1cccn(CC(=O)NC23CC4CC(C)(C2)C(C)(C4)C3)c1=O. The highest BCUT2D eigenvalue weighted by molar-refractivity contribution is 7.08. The molecule has 0 aromatic carbocycles. The van der Waals surface area contributed by atoms with Crippen molar-refractivity contribution in [1.82, 2.24) is 24.8 Å². The van der Waals surface area contributed by atoms with E-state index < -0.39 is 29.4 Å². The molecular formula is C30H38N6O6S. The summed E-state index contributed by atoms with van der Waals surface area (Å²) in [5, 5.41) is 12.4. The molecule has 0 aliphatic heterocycles. The van der Waals surface area contributed by atoms with Gasteiger partial charge < -0.3 is 25.3 Å². The Morgan fingerprint density at radius 2 is 1.91 bits per heavy atom. The molecule has 0 spiro atoms. The van der Waals surface area contributed by atoms with Crippen LogP contribution in [0.25, 0.3) is 0 Å². The third-order valence-corrected chi connectivity index (χ3v) is 10.5. The predicted molar refractivity (Wildman–Crippen MR) is 159 cm³/mol. The Morgan fingerprint density at radius 3 is 2.53 bits per heavy atom. The summed E-state index contributed by atoms with van der Waals surface area (Å²) in [5.41, 5.74) is 0.130. The normalized spacial score (nSPS) is 27.7. The Labute approximate surface area is 253 Å². The number of aryl methyl sites for hydroxylation is 1. The number of hydrogen-bond acceptors (Lipinski definition) is 9. The van der Waals surface area contributed by atoms with Gasteiger partial charge in [0.2, 0.25) is 11.8 Å². The first-order valence-electron chi connectivity index (χ1n) is 14.5. The number of nitrogens with zero attached hydrogens (tertiary/aromatic N) is 3. The molecule has 43 heavy (non-hydrogen) atoms. The van der Waals surface area contributed by atoms with Gasteiger partial charge in [-0.25, -0.2) is 4.79 Å². The first-order valence-corrected chi connectivity index (χ1v) is 15.3. The van der Waals surface area contributed by atoms with Crippen molar-refractivity contribution in [2.45, 2.75) is 83.8 Å². The number of esters is 1. The van der Waals surface area contributed by atoms with Gasteiger partial charge in [-0.15, -0.1) is 5.10 Å². The van der Waals surface area contributed by atoms with Gasteiger partial charge in [-0.2, -0.15) is 0 Å². The summed E-state index contributed by atoms with van der Waals surface area (Å²) in [7, 11) is 1.26. The fraction of sp³-hybridized carbons (Fsp3) is 0.567. The number of pyridine rings is 1. The zero-order chi connectivity index (χ0) is 31.0. The number of nitrogens with one attached hydrogen (secondary N) is 3. The molecule has 4 saturated carbocycles. The summed E-state index contributed by atoms with van der Waals surface area (Å²) in [4.78, 5) is 64.3. The van der Waals surface area contributed by atoms with Crippen molar-refractivity contribution in [2.24, 2.45) is 16.7 Å². The van der Waals surface area contributed by atoms with Crippen LogP contribution in [0.15, 0.2) is 35.3 Å². The number of allylic oxidation sites excluding steroid dienone is 1. The van der Waals surface area contributed by atoms with Crippen molar-refractivity contribution in [3.8, 4) is 0 Å². The third kappa shape index (κ3) is 6.13. The fourth-order valence-electron chi connectivity index (χ4n) is 7.86. The Hall–Kier alpha value is -3.87. The van der Waals surface area contributed by atoms with Gasteiger partial charge in [0.1, 0.15) is 23.2 Å². The molecule has 2 unspecified atom stereocenters. The average molecular weight is 611 g/mol. The molecule has 12 nitrogen and oxygen atoms in total. The van der Waals surface area contributed by atoms with Crippen LogP contribution in [0.1, 0.15) is 74.2 Å². The molecule has 4 bridgehead atoms. The minimum Gasteiger partial charge on any atom is -0.466 e. The van der Waals surface area contributed by atoms with E-state index in [2.05, 4.69) is 44.1 Å². The van der Waals surface area contributed by atoms with E-state index in [9.17, 15) is 24.0 Å². The van der Waals surface area contributed by atoms with Gasteiger partial charge in [0, 0.05) is 17.8 Å². The number of methoxy groups -OCH3 is 1. The lowest BCUT2D eigenvalue weighted by Crippen LogP contribution is -2.52. The summed E-state index contributed by atoms with van der Waals surface area (Å²) in [6, 6.07) is 2.01. The topological polar surface area (TPSA) is 161 Å². The van der Waals surface area contributed by atoms with E-state index >= 15 is 0 Å². The highest BCUT2D eigenvalue weighted by Gasteiger charge is 2.68. The van der Waals surface area contributed by atoms with Crippen molar-refractivity contribution >= 4 is 40.9 Å². The summed E-state index contributed by atoms with van der Waals surface area (Å²) >= 11 is 0.907. The standard InChI is InChI=1S/C30H38N6O6S/c1-18-24(43-35-34-18)26(40)31-20(8-5-6-10-23(38)42-4)25(39)32-21-9-7-11-36(27(21)41)15-22(37)33-30-14-19-12-28(2,16-30)29(3,13-19)17-30/h6-7,9-11,19-20H,5,8,12-17H2,1-4H3,(H,31,40)(H,32,39)(H,33,37)/b10-6+/t19?,20-,28?,29?,30?/m0/s1. The average Bonchev–Trinajstić information content (AvgIpc) is 3.48. The summed E-state index contributed by atoms with van der Waals surface area (Å²) in [5.74, 6) is -1.28. The minimum absolute atomic E-state index is 0.0154. The van der Waals surface area contributed by atoms with E-state index in [1.807, 2.05) is 0 Å². The van der Waals surface area contributed by atoms with E-state index in [-0.39, 0.29) is 52.2 Å². The van der Waals surface area contributed by atoms with Crippen LogP contribution in [0.4, 0.5) is 5.69 Å². The van der Waals surface area contributed by atoms with Crippen LogP contribution in [-0.2, 0) is 25.7 Å². The summed E-state index contributed by atoms with van der Waals surface area (Å²) in [6.45, 7) is 6.16. The van der Waals surface area contributed by atoms with Gasteiger partial charge in [-0.05, 0) is 92.3 Å². The maximum Gasteiger partial charge on any atom is 0.330 e. The highest BCUT2D eigenvalue weighted by atomic mass is 32.1. The number of anilines is 1. The molecule has 0 radical (unpaired) electrons. The highest BCUT2D eigenvalue weighted by Crippen LogP contribution is 2.73. The quantitative estimate of drug-likeness (QED) is 0.259. The number of carbonyl (C=O) groups excluding carboxylic acids is 4. The Balaban J connectivity index is 1.26. The second kappa shape index (κ2) is 11.7.